The van der Waals surface area contributed by atoms with Gasteiger partial charge in [0.15, 0.2) is 0 Å². The number of imidazole rings is 1. The maximum absolute atomic E-state index is 6.84. The largest absolute Gasteiger partial charge is 0.456 e. The third-order valence-electron chi connectivity index (χ3n) is 9.58. The molecule has 2 aliphatic rings. The molecular formula is C37H36N2O. The Bertz CT molecular complexity index is 1810. The average Bonchev–Trinajstić information content (AvgIpc) is 3.60. The predicted octanol–water partition coefficient (Wildman–Crippen LogP) is 10.7. The minimum absolute atomic E-state index is 0.486. The molecule has 0 atom stereocenters. The molecule has 4 aromatic carbocycles. The number of furan rings is 1. The van der Waals surface area contributed by atoms with E-state index in [1.165, 1.54) is 97.3 Å². The van der Waals surface area contributed by atoms with E-state index < -0.39 is 0 Å². The molecule has 2 fully saturated rings. The van der Waals surface area contributed by atoms with E-state index in [4.69, 9.17) is 9.40 Å². The Morgan fingerprint density at radius 1 is 0.650 bits per heavy atom. The lowest BCUT2D eigenvalue weighted by molar-refractivity contribution is 0.433. The Balaban J connectivity index is 1.54. The van der Waals surface area contributed by atoms with Gasteiger partial charge in [-0.25, -0.2) is 4.98 Å². The fourth-order valence-electron chi connectivity index (χ4n) is 7.67. The first kappa shape index (κ1) is 24.0. The van der Waals surface area contributed by atoms with Crippen LogP contribution >= 0.6 is 0 Å². The van der Waals surface area contributed by atoms with Gasteiger partial charge in [0.1, 0.15) is 17.0 Å². The number of aromatic nitrogens is 2. The van der Waals surface area contributed by atoms with Crippen LogP contribution in [0.3, 0.4) is 0 Å². The van der Waals surface area contributed by atoms with E-state index in [0.717, 1.165) is 28.1 Å². The maximum Gasteiger partial charge on any atom is 0.145 e. The molecule has 0 spiro atoms. The van der Waals surface area contributed by atoms with Gasteiger partial charge in [-0.15, -0.1) is 0 Å². The third kappa shape index (κ3) is 3.90. The highest BCUT2D eigenvalue weighted by atomic mass is 16.3. The molecule has 0 aliphatic heterocycles. The average molecular weight is 525 g/mol. The minimum atomic E-state index is 0.486. The molecule has 0 unspecified atom stereocenters. The molecule has 2 aromatic heterocycles. The Morgan fingerprint density at radius 3 is 2.12 bits per heavy atom. The van der Waals surface area contributed by atoms with Crippen molar-refractivity contribution in [2.24, 2.45) is 0 Å². The number of rotatable bonds is 4. The van der Waals surface area contributed by atoms with Crippen molar-refractivity contribution in [3.8, 4) is 17.1 Å². The molecular weight excluding hydrogens is 488 g/mol. The molecule has 2 aliphatic carbocycles. The lowest BCUT2D eigenvalue weighted by atomic mass is 9.77. The van der Waals surface area contributed by atoms with E-state index >= 15 is 0 Å². The van der Waals surface area contributed by atoms with E-state index in [2.05, 4.69) is 89.5 Å². The van der Waals surface area contributed by atoms with Crippen LogP contribution in [0.15, 0.2) is 89.3 Å². The third-order valence-corrected chi connectivity index (χ3v) is 9.58. The number of benzene rings is 4. The highest BCUT2D eigenvalue weighted by Crippen LogP contribution is 2.49. The Labute approximate surface area is 235 Å². The van der Waals surface area contributed by atoms with Gasteiger partial charge in [-0.3, -0.25) is 4.57 Å². The molecule has 0 amide bonds. The minimum Gasteiger partial charge on any atom is -0.456 e. The summed E-state index contributed by atoms with van der Waals surface area (Å²) in [5.41, 5.74) is 9.78. The first-order chi connectivity index (χ1) is 19.9. The zero-order chi connectivity index (χ0) is 26.5. The molecule has 3 heteroatoms. The van der Waals surface area contributed by atoms with E-state index in [9.17, 15) is 0 Å². The first-order valence-electron chi connectivity index (χ1n) is 15.4. The van der Waals surface area contributed by atoms with Crippen molar-refractivity contribution in [3.05, 3.63) is 96.1 Å². The number of para-hydroxylation sites is 3. The zero-order valence-electron chi connectivity index (χ0n) is 23.1. The predicted molar refractivity (Wildman–Crippen MR) is 165 cm³/mol. The number of hydrogen-bond acceptors (Lipinski definition) is 2. The van der Waals surface area contributed by atoms with Crippen LogP contribution in [0.4, 0.5) is 0 Å². The topological polar surface area (TPSA) is 31.0 Å². The van der Waals surface area contributed by atoms with Gasteiger partial charge < -0.3 is 4.42 Å². The summed E-state index contributed by atoms with van der Waals surface area (Å²) in [7, 11) is 0. The van der Waals surface area contributed by atoms with Gasteiger partial charge >= 0.3 is 0 Å². The molecule has 200 valence electrons. The fourth-order valence-corrected chi connectivity index (χ4v) is 7.67. The summed E-state index contributed by atoms with van der Waals surface area (Å²) in [6, 6.07) is 30.6. The van der Waals surface area contributed by atoms with E-state index in [-0.39, 0.29) is 0 Å². The summed E-state index contributed by atoms with van der Waals surface area (Å²) in [6.45, 7) is 0. The Morgan fingerprint density at radius 2 is 1.32 bits per heavy atom. The number of fused-ring (bicyclic) bond motifs is 4. The van der Waals surface area contributed by atoms with Crippen LogP contribution in [0.1, 0.15) is 87.2 Å². The molecule has 0 radical (unpaired) electrons. The van der Waals surface area contributed by atoms with Crippen molar-refractivity contribution in [1.82, 2.24) is 9.55 Å². The fraction of sp³-hybridized carbons (Fsp3) is 0.324. The normalized spacial score (nSPS) is 17.3. The smallest absolute Gasteiger partial charge is 0.145 e. The van der Waals surface area contributed by atoms with Crippen molar-refractivity contribution >= 4 is 33.0 Å². The molecule has 2 saturated carbocycles. The second kappa shape index (κ2) is 9.96. The van der Waals surface area contributed by atoms with Gasteiger partial charge in [0, 0.05) is 21.9 Å². The van der Waals surface area contributed by atoms with Gasteiger partial charge in [-0.2, -0.15) is 0 Å². The molecule has 0 bridgehead atoms. The van der Waals surface area contributed by atoms with Crippen LogP contribution < -0.4 is 0 Å². The number of nitrogens with zero attached hydrogens (tertiary/aromatic N) is 2. The molecule has 8 rings (SSSR count). The molecule has 0 N–H and O–H groups in total. The monoisotopic (exact) mass is 524 g/mol. The van der Waals surface area contributed by atoms with Gasteiger partial charge in [0.25, 0.3) is 0 Å². The second-order valence-electron chi connectivity index (χ2n) is 12.0. The summed E-state index contributed by atoms with van der Waals surface area (Å²) >= 11 is 0. The van der Waals surface area contributed by atoms with Crippen molar-refractivity contribution < 1.29 is 4.42 Å². The lowest BCUT2D eigenvalue weighted by Crippen LogP contribution is -2.15. The molecule has 0 saturated heterocycles. The second-order valence-corrected chi connectivity index (χ2v) is 12.0. The van der Waals surface area contributed by atoms with Crippen molar-refractivity contribution in [1.29, 1.82) is 0 Å². The quantitative estimate of drug-likeness (QED) is 0.230. The van der Waals surface area contributed by atoms with Gasteiger partial charge in [0.2, 0.25) is 0 Å². The number of hydrogen-bond donors (Lipinski definition) is 0. The van der Waals surface area contributed by atoms with Crippen LogP contribution in [-0.4, -0.2) is 9.55 Å². The summed E-state index contributed by atoms with van der Waals surface area (Å²) in [4.78, 5) is 5.29. The summed E-state index contributed by atoms with van der Waals surface area (Å²) in [5.74, 6) is 2.07. The first-order valence-corrected chi connectivity index (χ1v) is 15.4. The standard InChI is InChI=1S/C37H36N2O/c1-4-14-25(15-5-1)29-24-30-28-20-10-13-23-33(28)40-36(30)34(26-16-6-2-7-17-26)35(29)39-32-22-12-11-21-31(32)38-37(39)27-18-8-3-9-19-27/h3,8-13,18-26H,1-2,4-7,14-17H2. The van der Waals surface area contributed by atoms with Crippen LogP contribution in [0.5, 0.6) is 0 Å². The molecule has 40 heavy (non-hydrogen) atoms. The van der Waals surface area contributed by atoms with Gasteiger partial charge in [0.05, 0.1) is 16.7 Å². The van der Waals surface area contributed by atoms with Crippen LogP contribution in [-0.2, 0) is 0 Å². The van der Waals surface area contributed by atoms with Crippen molar-refractivity contribution in [3.63, 3.8) is 0 Å². The van der Waals surface area contributed by atoms with Crippen molar-refractivity contribution in [2.45, 2.75) is 76.0 Å². The summed E-state index contributed by atoms with van der Waals surface area (Å²) < 4.78 is 9.36. The summed E-state index contributed by atoms with van der Waals surface area (Å²) in [5, 5.41) is 2.54. The van der Waals surface area contributed by atoms with E-state index in [1.54, 1.807) is 0 Å². The zero-order valence-corrected chi connectivity index (χ0v) is 23.1. The van der Waals surface area contributed by atoms with E-state index in [0.29, 0.717) is 11.8 Å². The van der Waals surface area contributed by atoms with Crippen molar-refractivity contribution in [2.75, 3.05) is 0 Å². The van der Waals surface area contributed by atoms with E-state index in [1.807, 2.05) is 0 Å². The molecule has 2 heterocycles. The highest BCUT2D eigenvalue weighted by Gasteiger charge is 2.32. The Kier molecular flexibility index (Phi) is 5.97. The maximum atomic E-state index is 6.84. The van der Waals surface area contributed by atoms with Crippen LogP contribution in [0.25, 0.3) is 50.0 Å². The van der Waals surface area contributed by atoms with Gasteiger partial charge in [-0.1, -0.05) is 99.2 Å². The molecule has 6 aromatic rings. The Hall–Kier alpha value is -3.85. The van der Waals surface area contributed by atoms with Gasteiger partial charge in [-0.05, 0) is 67.3 Å². The van der Waals surface area contributed by atoms with Crippen LogP contribution in [0.2, 0.25) is 0 Å². The highest BCUT2D eigenvalue weighted by molar-refractivity contribution is 6.07. The molecule has 3 nitrogen and oxygen atoms in total. The SMILES string of the molecule is c1ccc(-c2nc3ccccc3n2-c2c(C3CCCCC3)cc3c(oc4ccccc43)c2C2CCCCC2)cc1. The van der Waals surface area contributed by atoms with Crippen LogP contribution in [0, 0.1) is 0 Å². The summed E-state index contributed by atoms with van der Waals surface area (Å²) in [6.07, 6.45) is 12.8. The lowest BCUT2D eigenvalue weighted by Gasteiger charge is -2.31.